The third-order valence-corrected chi connectivity index (χ3v) is 5.13. The average Bonchev–Trinajstić information content (AvgIpc) is 2.97. The van der Waals surface area contributed by atoms with Gasteiger partial charge < -0.3 is 0 Å². The number of halogens is 1. The van der Waals surface area contributed by atoms with Crippen molar-refractivity contribution in [1.82, 2.24) is 5.43 Å². The Morgan fingerprint density at radius 1 is 1.09 bits per heavy atom. The predicted molar refractivity (Wildman–Crippen MR) is 102 cm³/mol. The Kier molecular flexibility index (Phi) is 11.0. The summed E-state index contributed by atoms with van der Waals surface area (Å²) in [7, 11) is 0. The molecular formula is C18H29ClN2OS. The zero-order valence-electron chi connectivity index (χ0n) is 14.4. The van der Waals surface area contributed by atoms with Crippen molar-refractivity contribution in [1.29, 1.82) is 0 Å². The summed E-state index contributed by atoms with van der Waals surface area (Å²) in [6.07, 6.45) is 11.9. The Labute approximate surface area is 149 Å². The maximum atomic E-state index is 11.8. The Bertz CT molecular complexity index is 485. The molecule has 0 fully saturated rings. The summed E-state index contributed by atoms with van der Waals surface area (Å²) >= 11 is 7.35. The summed E-state index contributed by atoms with van der Waals surface area (Å²) < 4.78 is 0.732. The lowest BCUT2D eigenvalue weighted by Crippen LogP contribution is -2.18. The summed E-state index contributed by atoms with van der Waals surface area (Å²) in [5.74, 6) is -0.00468. The molecule has 0 unspecified atom stereocenters. The van der Waals surface area contributed by atoms with Gasteiger partial charge in [0.25, 0.3) is 0 Å². The van der Waals surface area contributed by atoms with Gasteiger partial charge in [0.15, 0.2) is 0 Å². The molecule has 1 aromatic heterocycles. The van der Waals surface area contributed by atoms with Crippen molar-refractivity contribution >= 4 is 34.6 Å². The maximum Gasteiger partial charge on any atom is 0.240 e. The fraction of sp³-hybridized carbons (Fsp3) is 0.667. The predicted octanol–water partition coefficient (Wildman–Crippen LogP) is 6.16. The van der Waals surface area contributed by atoms with E-state index in [1.165, 1.54) is 56.3 Å². The molecule has 1 N–H and O–H groups in total. The van der Waals surface area contributed by atoms with Crippen LogP contribution in [-0.2, 0) is 4.79 Å². The Hall–Kier alpha value is -0.870. The largest absolute Gasteiger partial charge is 0.273 e. The monoisotopic (exact) mass is 356 g/mol. The highest BCUT2D eigenvalue weighted by atomic mass is 35.5. The average molecular weight is 357 g/mol. The standard InChI is InChI=1S/C18H29ClN2OS/c1-3-4-5-6-7-8-9-10-11-12-18(22)21-20-15(2)16-13-14-17(19)23-16/h13-14H,3-12H2,1-2H3,(H,21,22)/b20-15+. The van der Waals surface area contributed by atoms with Crippen LogP contribution in [0.4, 0.5) is 0 Å². The highest BCUT2D eigenvalue weighted by molar-refractivity contribution is 7.18. The van der Waals surface area contributed by atoms with Gasteiger partial charge in [0.05, 0.1) is 14.9 Å². The van der Waals surface area contributed by atoms with E-state index >= 15 is 0 Å². The van der Waals surface area contributed by atoms with Gasteiger partial charge in [-0.25, -0.2) is 5.43 Å². The van der Waals surface area contributed by atoms with Gasteiger partial charge in [-0.05, 0) is 25.5 Å². The van der Waals surface area contributed by atoms with Crippen molar-refractivity contribution in [2.24, 2.45) is 5.10 Å². The van der Waals surface area contributed by atoms with E-state index in [0.29, 0.717) is 6.42 Å². The number of carbonyl (C=O) groups excluding carboxylic acids is 1. The molecule has 5 heteroatoms. The van der Waals surface area contributed by atoms with Crippen LogP contribution >= 0.6 is 22.9 Å². The first-order valence-corrected chi connectivity index (χ1v) is 9.91. The van der Waals surface area contributed by atoms with E-state index in [9.17, 15) is 4.79 Å². The molecule has 0 atom stereocenters. The zero-order valence-corrected chi connectivity index (χ0v) is 15.9. The fourth-order valence-corrected chi connectivity index (χ4v) is 3.35. The molecule has 1 amide bonds. The van der Waals surface area contributed by atoms with E-state index in [-0.39, 0.29) is 5.91 Å². The smallest absolute Gasteiger partial charge is 0.240 e. The van der Waals surface area contributed by atoms with Crippen molar-refractivity contribution in [2.75, 3.05) is 0 Å². The van der Waals surface area contributed by atoms with Crippen LogP contribution in [0.5, 0.6) is 0 Å². The van der Waals surface area contributed by atoms with E-state index in [4.69, 9.17) is 11.6 Å². The summed E-state index contributed by atoms with van der Waals surface area (Å²) in [5.41, 5.74) is 3.42. The van der Waals surface area contributed by atoms with Crippen LogP contribution in [0.25, 0.3) is 0 Å². The number of hydrazone groups is 1. The molecule has 0 saturated heterocycles. The summed E-state index contributed by atoms with van der Waals surface area (Å²) in [6.45, 7) is 4.12. The van der Waals surface area contributed by atoms with Crippen LogP contribution in [0.1, 0.15) is 82.9 Å². The lowest BCUT2D eigenvalue weighted by atomic mass is 10.1. The Morgan fingerprint density at radius 3 is 2.26 bits per heavy atom. The van der Waals surface area contributed by atoms with Crippen LogP contribution in [0.2, 0.25) is 4.34 Å². The lowest BCUT2D eigenvalue weighted by Gasteiger charge is -2.03. The van der Waals surface area contributed by atoms with Gasteiger partial charge in [-0.2, -0.15) is 5.10 Å². The molecule has 0 aliphatic heterocycles. The van der Waals surface area contributed by atoms with Gasteiger partial charge in [0.2, 0.25) is 5.91 Å². The van der Waals surface area contributed by atoms with Crippen molar-refractivity contribution in [3.05, 3.63) is 21.3 Å². The molecule has 23 heavy (non-hydrogen) atoms. The quantitative estimate of drug-likeness (QED) is 0.272. The lowest BCUT2D eigenvalue weighted by molar-refractivity contribution is -0.121. The fourth-order valence-electron chi connectivity index (χ4n) is 2.36. The Morgan fingerprint density at radius 2 is 1.70 bits per heavy atom. The molecule has 1 heterocycles. The second-order valence-electron chi connectivity index (χ2n) is 5.91. The number of nitrogens with zero attached hydrogens (tertiary/aromatic N) is 1. The topological polar surface area (TPSA) is 41.5 Å². The van der Waals surface area contributed by atoms with Crippen LogP contribution in [0.3, 0.4) is 0 Å². The minimum Gasteiger partial charge on any atom is -0.273 e. The molecular weight excluding hydrogens is 328 g/mol. The zero-order chi connectivity index (χ0) is 16.9. The van der Waals surface area contributed by atoms with Crippen LogP contribution in [-0.4, -0.2) is 11.6 Å². The molecule has 1 aromatic rings. The van der Waals surface area contributed by atoms with E-state index < -0.39 is 0 Å². The van der Waals surface area contributed by atoms with Crippen molar-refractivity contribution in [2.45, 2.75) is 78.1 Å². The molecule has 0 radical (unpaired) electrons. The van der Waals surface area contributed by atoms with Gasteiger partial charge in [-0.15, -0.1) is 11.3 Å². The first-order chi connectivity index (χ1) is 11.1. The molecule has 1 rings (SSSR count). The third-order valence-electron chi connectivity index (χ3n) is 3.79. The molecule has 0 aliphatic carbocycles. The van der Waals surface area contributed by atoms with Gasteiger partial charge in [-0.3, -0.25) is 4.79 Å². The van der Waals surface area contributed by atoms with Crippen LogP contribution < -0.4 is 5.43 Å². The minimum absolute atomic E-state index is 0.00468. The van der Waals surface area contributed by atoms with E-state index in [0.717, 1.165) is 27.8 Å². The first-order valence-electron chi connectivity index (χ1n) is 8.72. The Balaban J connectivity index is 2.04. The number of unbranched alkanes of at least 4 members (excludes halogenated alkanes) is 8. The van der Waals surface area contributed by atoms with Gasteiger partial charge in [-0.1, -0.05) is 69.9 Å². The summed E-state index contributed by atoms with van der Waals surface area (Å²) in [6, 6.07) is 3.75. The van der Waals surface area contributed by atoms with E-state index in [2.05, 4.69) is 17.5 Å². The number of thiophene rings is 1. The molecule has 0 aromatic carbocycles. The number of carbonyl (C=O) groups is 1. The summed E-state index contributed by atoms with van der Waals surface area (Å²) in [5, 5.41) is 4.13. The van der Waals surface area contributed by atoms with Gasteiger partial charge >= 0.3 is 0 Å². The highest BCUT2D eigenvalue weighted by Crippen LogP contribution is 2.21. The molecule has 3 nitrogen and oxygen atoms in total. The normalized spacial score (nSPS) is 11.7. The van der Waals surface area contributed by atoms with Crippen molar-refractivity contribution in [3.8, 4) is 0 Å². The molecule has 0 spiro atoms. The second kappa shape index (κ2) is 12.5. The highest BCUT2D eigenvalue weighted by Gasteiger charge is 2.03. The number of hydrogen-bond acceptors (Lipinski definition) is 3. The molecule has 0 aliphatic rings. The SMILES string of the molecule is CCCCCCCCCCCC(=O)N/N=C(\C)c1ccc(Cl)s1. The molecule has 0 bridgehead atoms. The first kappa shape index (κ1) is 20.2. The van der Waals surface area contributed by atoms with Crippen molar-refractivity contribution in [3.63, 3.8) is 0 Å². The van der Waals surface area contributed by atoms with Gasteiger partial charge in [0.1, 0.15) is 0 Å². The van der Waals surface area contributed by atoms with Gasteiger partial charge in [0, 0.05) is 6.42 Å². The third kappa shape index (κ3) is 9.77. The van der Waals surface area contributed by atoms with Crippen molar-refractivity contribution < 1.29 is 4.79 Å². The number of hydrogen-bond donors (Lipinski definition) is 1. The second-order valence-corrected chi connectivity index (χ2v) is 7.63. The van der Waals surface area contributed by atoms with E-state index in [1.807, 2.05) is 19.1 Å². The number of nitrogens with one attached hydrogen (secondary N) is 1. The molecule has 130 valence electrons. The molecule has 0 saturated carbocycles. The number of amides is 1. The van der Waals surface area contributed by atoms with E-state index in [1.54, 1.807) is 0 Å². The summed E-state index contributed by atoms with van der Waals surface area (Å²) in [4.78, 5) is 12.7. The number of rotatable bonds is 12. The maximum absolute atomic E-state index is 11.8. The minimum atomic E-state index is -0.00468. The van der Waals surface area contributed by atoms with Crippen LogP contribution in [0, 0.1) is 0 Å². The van der Waals surface area contributed by atoms with Crippen LogP contribution in [0.15, 0.2) is 17.2 Å².